The fraction of sp³-hybridized carbons (Fsp3) is 0.364. The maximum atomic E-state index is 14.4. The molecule has 6 nitrogen and oxygen atoms in total. The molecule has 1 heterocycles. The van der Waals surface area contributed by atoms with Gasteiger partial charge in [-0.15, -0.1) is 0 Å². The van der Waals surface area contributed by atoms with Crippen LogP contribution in [0.3, 0.4) is 0 Å². The van der Waals surface area contributed by atoms with Crippen molar-refractivity contribution in [3.63, 3.8) is 0 Å². The van der Waals surface area contributed by atoms with Crippen molar-refractivity contribution in [2.24, 2.45) is 4.99 Å². The first-order valence-corrected chi connectivity index (χ1v) is 9.67. The molecule has 0 radical (unpaired) electrons. The van der Waals surface area contributed by atoms with Crippen LogP contribution in [0.1, 0.15) is 40.7 Å². The van der Waals surface area contributed by atoms with Crippen molar-refractivity contribution in [2.45, 2.75) is 25.8 Å². The predicted octanol–water partition coefficient (Wildman–Crippen LogP) is 3.41. The van der Waals surface area contributed by atoms with E-state index in [0.29, 0.717) is 30.5 Å². The van der Waals surface area contributed by atoms with Crippen molar-refractivity contribution >= 4 is 11.7 Å². The number of halogens is 2. The molecular formula is C22H25F2N3O3. The van der Waals surface area contributed by atoms with Crippen molar-refractivity contribution in [2.75, 3.05) is 27.3 Å². The van der Waals surface area contributed by atoms with Gasteiger partial charge in [0.2, 0.25) is 0 Å². The minimum absolute atomic E-state index is 0.0556. The average Bonchev–Trinajstić information content (AvgIpc) is 3.26. The minimum Gasteiger partial charge on any atom is -0.497 e. The molecule has 0 spiro atoms. The second-order valence-corrected chi connectivity index (χ2v) is 7.11. The summed E-state index contributed by atoms with van der Waals surface area (Å²) in [6, 6.07) is 7.39. The Bertz CT molecular complexity index is 941. The Morgan fingerprint density at radius 1 is 1.13 bits per heavy atom. The van der Waals surface area contributed by atoms with Crippen molar-refractivity contribution < 1.29 is 23.0 Å². The Balaban J connectivity index is 1.76. The minimum atomic E-state index is -0.868. The van der Waals surface area contributed by atoms with Gasteiger partial charge >= 0.3 is 0 Å². The number of methoxy groups -OCH3 is 2. The fourth-order valence-electron chi connectivity index (χ4n) is 3.26. The van der Waals surface area contributed by atoms with E-state index >= 15 is 0 Å². The van der Waals surface area contributed by atoms with Crippen LogP contribution in [0.4, 0.5) is 8.78 Å². The molecule has 0 aromatic heterocycles. The summed E-state index contributed by atoms with van der Waals surface area (Å²) in [6.07, 6.45) is 0.0556. The highest BCUT2D eigenvalue weighted by molar-refractivity contribution is 5.97. The number of guanidine groups is 1. The first kappa shape index (κ1) is 21.5. The summed E-state index contributed by atoms with van der Waals surface area (Å²) < 4.78 is 39.1. The number of nitrogens with one attached hydrogen (secondary N) is 2. The lowest BCUT2D eigenvalue weighted by Gasteiger charge is -2.15. The number of Topliss-reactive ketones (excluding diaryl/α,β-unsaturated/α-hetero) is 1. The van der Waals surface area contributed by atoms with Gasteiger partial charge in [0.1, 0.15) is 23.1 Å². The maximum Gasteiger partial charge on any atom is 0.191 e. The molecule has 1 aliphatic rings. The average molecular weight is 417 g/mol. The molecular weight excluding hydrogens is 392 g/mol. The van der Waals surface area contributed by atoms with Gasteiger partial charge in [0, 0.05) is 37.2 Å². The van der Waals surface area contributed by atoms with Gasteiger partial charge in [0.05, 0.1) is 26.3 Å². The molecule has 0 saturated carbocycles. The number of aliphatic imine (C=N–C) groups is 1. The summed E-state index contributed by atoms with van der Waals surface area (Å²) in [5, 5.41) is 5.97. The van der Waals surface area contributed by atoms with Crippen molar-refractivity contribution in [1.29, 1.82) is 0 Å². The lowest BCUT2D eigenvalue weighted by Crippen LogP contribution is -2.33. The lowest BCUT2D eigenvalue weighted by atomic mass is 9.92. The number of nitrogens with zero attached hydrogens (tertiary/aromatic N) is 1. The summed E-state index contributed by atoms with van der Waals surface area (Å²) in [7, 11) is 3.09. The van der Waals surface area contributed by atoms with Crippen molar-refractivity contribution in [3.05, 3.63) is 58.7 Å². The quantitative estimate of drug-likeness (QED) is 0.644. The Kier molecular flexibility index (Phi) is 6.87. The number of benzene rings is 2. The van der Waals surface area contributed by atoms with Crippen LogP contribution in [0.2, 0.25) is 0 Å². The third-order valence-electron chi connectivity index (χ3n) is 4.99. The summed E-state index contributed by atoms with van der Waals surface area (Å²) in [6.45, 7) is 3.32. The highest BCUT2D eigenvalue weighted by Crippen LogP contribution is 2.30. The van der Waals surface area contributed by atoms with Crippen LogP contribution in [-0.4, -0.2) is 39.1 Å². The van der Waals surface area contributed by atoms with Gasteiger partial charge in [0.25, 0.3) is 0 Å². The number of rotatable bonds is 8. The van der Waals surface area contributed by atoms with Crippen LogP contribution >= 0.6 is 0 Å². The van der Waals surface area contributed by atoms with E-state index in [-0.39, 0.29) is 30.0 Å². The molecule has 1 atom stereocenters. The predicted molar refractivity (Wildman–Crippen MR) is 110 cm³/mol. The van der Waals surface area contributed by atoms with Crippen LogP contribution < -0.4 is 20.1 Å². The number of carbonyl (C=O) groups excluding carboxylic acids is 1. The second-order valence-electron chi connectivity index (χ2n) is 7.11. The smallest absolute Gasteiger partial charge is 0.191 e. The molecule has 2 aromatic carbocycles. The van der Waals surface area contributed by atoms with Gasteiger partial charge in [-0.2, -0.15) is 0 Å². The van der Waals surface area contributed by atoms with Crippen LogP contribution in [0.15, 0.2) is 35.3 Å². The fourth-order valence-corrected chi connectivity index (χ4v) is 3.26. The van der Waals surface area contributed by atoms with Gasteiger partial charge in [-0.25, -0.2) is 8.78 Å². The zero-order valence-electron chi connectivity index (χ0n) is 17.2. The highest BCUT2D eigenvalue weighted by atomic mass is 19.1. The Morgan fingerprint density at radius 3 is 2.43 bits per heavy atom. The normalized spacial score (nSPS) is 14.0. The molecule has 2 aromatic rings. The third kappa shape index (κ3) is 5.06. The molecule has 1 unspecified atom stereocenters. The maximum absolute atomic E-state index is 14.4. The summed E-state index contributed by atoms with van der Waals surface area (Å²) in [5.74, 6) is -0.424. The zero-order chi connectivity index (χ0) is 21.7. The number of carbonyl (C=O) groups is 1. The molecule has 30 heavy (non-hydrogen) atoms. The van der Waals surface area contributed by atoms with E-state index < -0.39 is 17.4 Å². The second kappa shape index (κ2) is 9.56. The van der Waals surface area contributed by atoms with E-state index in [2.05, 4.69) is 15.6 Å². The Hall–Kier alpha value is -3.16. The topological polar surface area (TPSA) is 72.0 Å². The summed E-state index contributed by atoms with van der Waals surface area (Å²) >= 11 is 0. The lowest BCUT2D eigenvalue weighted by molar-refractivity contribution is 0.0971. The first-order valence-electron chi connectivity index (χ1n) is 9.67. The van der Waals surface area contributed by atoms with E-state index in [0.717, 1.165) is 11.6 Å². The number of ketones is 1. The molecule has 0 amide bonds. The van der Waals surface area contributed by atoms with E-state index in [1.54, 1.807) is 20.3 Å². The van der Waals surface area contributed by atoms with E-state index in [9.17, 15) is 13.6 Å². The van der Waals surface area contributed by atoms with Gasteiger partial charge < -0.3 is 20.1 Å². The SMILES string of the molecule is COc1cc(OC)cc(C(C)CC(=O)c2cc(CNC3=NCCN3)c(F)cc2F)c1. The van der Waals surface area contributed by atoms with Crippen molar-refractivity contribution in [1.82, 2.24) is 10.6 Å². The van der Waals surface area contributed by atoms with E-state index in [1.165, 1.54) is 6.07 Å². The van der Waals surface area contributed by atoms with Crippen LogP contribution in [-0.2, 0) is 6.54 Å². The molecule has 0 aliphatic carbocycles. The van der Waals surface area contributed by atoms with Gasteiger partial charge in [-0.05, 0) is 29.7 Å². The molecule has 160 valence electrons. The number of hydrogen-bond acceptors (Lipinski definition) is 6. The van der Waals surface area contributed by atoms with Crippen LogP contribution in [0.25, 0.3) is 0 Å². The van der Waals surface area contributed by atoms with Crippen molar-refractivity contribution in [3.8, 4) is 11.5 Å². The Morgan fingerprint density at radius 2 is 1.83 bits per heavy atom. The van der Waals surface area contributed by atoms with Crippen LogP contribution in [0, 0.1) is 11.6 Å². The largest absolute Gasteiger partial charge is 0.497 e. The van der Waals surface area contributed by atoms with Gasteiger partial charge in [0.15, 0.2) is 11.7 Å². The molecule has 1 aliphatic heterocycles. The zero-order valence-corrected chi connectivity index (χ0v) is 17.2. The Labute approximate surface area is 174 Å². The standard InChI is InChI=1S/C22H25F2N3O3/c1-13(14-7-16(29-2)10-17(8-14)30-3)6-21(28)18-9-15(19(23)11-20(18)24)12-27-22-25-4-5-26-22/h7-11,13H,4-6,12H2,1-3H3,(H2,25,26,27). The third-order valence-corrected chi connectivity index (χ3v) is 4.99. The first-order chi connectivity index (χ1) is 14.4. The summed E-state index contributed by atoms with van der Waals surface area (Å²) in [5.41, 5.74) is 0.900. The van der Waals surface area contributed by atoms with Gasteiger partial charge in [-0.3, -0.25) is 9.79 Å². The molecule has 8 heteroatoms. The molecule has 2 N–H and O–H groups in total. The summed E-state index contributed by atoms with van der Waals surface area (Å²) in [4.78, 5) is 17.0. The van der Waals surface area contributed by atoms with Gasteiger partial charge in [-0.1, -0.05) is 6.92 Å². The van der Waals surface area contributed by atoms with E-state index in [1.807, 2.05) is 19.1 Å². The molecule has 0 bridgehead atoms. The number of ether oxygens (including phenoxy) is 2. The number of hydrogen-bond donors (Lipinski definition) is 2. The van der Waals surface area contributed by atoms with Crippen LogP contribution in [0.5, 0.6) is 11.5 Å². The molecule has 3 rings (SSSR count). The molecule has 0 saturated heterocycles. The molecule has 0 fully saturated rings. The monoisotopic (exact) mass is 417 g/mol. The van der Waals surface area contributed by atoms with E-state index in [4.69, 9.17) is 9.47 Å². The highest BCUT2D eigenvalue weighted by Gasteiger charge is 2.20.